The Balaban J connectivity index is 1.63. The van der Waals surface area contributed by atoms with Crippen molar-refractivity contribution in [1.29, 1.82) is 5.26 Å². The monoisotopic (exact) mass is 446 g/mol. The number of hydrogen-bond acceptors (Lipinski definition) is 4. The zero-order valence-electron chi connectivity index (χ0n) is 16.7. The molecule has 0 saturated carbocycles. The molecule has 1 heterocycles. The Bertz CT molecular complexity index is 1460. The van der Waals surface area contributed by atoms with Crippen molar-refractivity contribution in [3.63, 3.8) is 0 Å². The Hall–Kier alpha value is -4.71. The number of nitrogens with zero attached hydrogens (tertiary/aromatic N) is 2. The Morgan fingerprint density at radius 3 is 2.48 bits per heavy atom. The molecule has 4 aromatic rings. The summed E-state index contributed by atoms with van der Waals surface area (Å²) < 4.78 is 42.5. The van der Waals surface area contributed by atoms with E-state index in [9.17, 15) is 18.4 Å². The summed E-state index contributed by atoms with van der Waals surface area (Å²) in [6, 6.07) is 13.3. The molecule has 0 saturated heterocycles. The number of amides is 2. The average Bonchev–Trinajstić information content (AvgIpc) is 2.80. The molecule has 0 fully saturated rings. The number of halogens is 3. The average molecular weight is 446 g/mol. The zero-order valence-corrected chi connectivity index (χ0v) is 16.7. The maximum atomic E-state index is 15.0. The van der Waals surface area contributed by atoms with E-state index in [1.54, 1.807) is 0 Å². The lowest BCUT2D eigenvalue weighted by atomic mass is 10.00. The number of nitriles is 1. The van der Waals surface area contributed by atoms with Gasteiger partial charge in [-0.2, -0.15) is 5.26 Å². The highest BCUT2D eigenvalue weighted by molar-refractivity contribution is 6.11. The molecule has 0 bridgehead atoms. The molecule has 6 nitrogen and oxygen atoms in total. The van der Waals surface area contributed by atoms with Crippen LogP contribution in [0.4, 0.5) is 29.3 Å². The first-order chi connectivity index (χ1) is 15.8. The van der Waals surface area contributed by atoms with E-state index >= 15 is 4.39 Å². The first-order valence-electron chi connectivity index (χ1n) is 9.51. The van der Waals surface area contributed by atoms with E-state index < -0.39 is 40.5 Å². The van der Waals surface area contributed by atoms with Crippen LogP contribution in [0, 0.1) is 28.8 Å². The van der Waals surface area contributed by atoms with Gasteiger partial charge in [0.1, 0.15) is 17.7 Å². The normalized spacial score (nSPS) is 10.5. The van der Waals surface area contributed by atoms with E-state index in [2.05, 4.69) is 15.6 Å². The summed E-state index contributed by atoms with van der Waals surface area (Å²) >= 11 is 0. The number of ketones is 1. The van der Waals surface area contributed by atoms with Crippen LogP contribution < -0.4 is 10.6 Å². The minimum Gasteiger partial charge on any atom is -0.308 e. The van der Waals surface area contributed by atoms with Gasteiger partial charge >= 0.3 is 6.03 Å². The molecule has 2 N–H and O–H groups in total. The lowest BCUT2D eigenvalue weighted by Crippen LogP contribution is -2.21. The van der Waals surface area contributed by atoms with Crippen LogP contribution in [0.5, 0.6) is 0 Å². The molecule has 0 radical (unpaired) electrons. The van der Waals surface area contributed by atoms with Gasteiger partial charge in [-0.25, -0.2) is 18.0 Å². The van der Waals surface area contributed by atoms with E-state index in [0.717, 1.165) is 18.2 Å². The Labute approximate surface area is 185 Å². The van der Waals surface area contributed by atoms with Crippen molar-refractivity contribution >= 4 is 34.1 Å². The topological polar surface area (TPSA) is 94.9 Å². The van der Waals surface area contributed by atoms with Gasteiger partial charge in [0.25, 0.3) is 0 Å². The number of carbonyl (C=O) groups is 2. The molecule has 0 aliphatic rings. The lowest BCUT2D eigenvalue weighted by Gasteiger charge is -2.11. The smallest absolute Gasteiger partial charge is 0.308 e. The van der Waals surface area contributed by atoms with E-state index in [0.29, 0.717) is 10.9 Å². The van der Waals surface area contributed by atoms with Crippen molar-refractivity contribution < 1.29 is 22.8 Å². The van der Waals surface area contributed by atoms with Crippen LogP contribution in [-0.4, -0.2) is 16.8 Å². The van der Waals surface area contributed by atoms with E-state index in [-0.39, 0.29) is 16.8 Å². The molecule has 0 aliphatic carbocycles. The van der Waals surface area contributed by atoms with Crippen molar-refractivity contribution in [2.45, 2.75) is 0 Å². The van der Waals surface area contributed by atoms with Crippen LogP contribution in [0.1, 0.15) is 21.5 Å². The molecular formula is C24H13F3N4O2. The quantitative estimate of drug-likeness (QED) is 0.411. The minimum absolute atomic E-state index is 0.0408. The SMILES string of the molecule is N#Cc1cnc2ccc(C(=O)c3cc(F)cc(NC(=O)Nc4cccc(F)c4)c3F)cc2c1. The Kier molecular flexibility index (Phi) is 5.74. The summed E-state index contributed by atoms with van der Waals surface area (Å²) in [4.78, 5) is 29.2. The van der Waals surface area contributed by atoms with Crippen LogP contribution >= 0.6 is 0 Å². The Morgan fingerprint density at radius 1 is 0.909 bits per heavy atom. The zero-order chi connectivity index (χ0) is 23.5. The van der Waals surface area contributed by atoms with Crippen LogP contribution in [0.15, 0.2) is 66.9 Å². The van der Waals surface area contributed by atoms with Crippen LogP contribution in [0.3, 0.4) is 0 Å². The van der Waals surface area contributed by atoms with E-state index in [1.807, 2.05) is 6.07 Å². The maximum Gasteiger partial charge on any atom is 0.323 e. The number of rotatable bonds is 4. The predicted octanol–water partition coefficient (Wildman–Crippen LogP) is 5.40. The summed E-state index contributed by atoms with van der Waals surface area (Å²) in [5.41, 5.74) is -0.232. The molecule has 0 spiro atoms. The summed E-state index contributed by atoms with van der Waals surface area (Å²) in [6.07, 6.45) is 1.38. The van der Waals surface area contributed by atoms with Gasteiger partial charge in [-0.15, -0.1) is 0 Å². The number of anilines is 2. The van der Waals surface area contributed by atoms with Gasteiger partial charge in [0.05, 0.1) is 22.3 Å². The number of hydrogen-bond donors (Lipinski definition) is 2. The van der Waals surface area contributed by atoms with Crippen LogP contribution in [0.2, 0.25) is 0 Å². The Morgan fingerprint density at radius 2 is 1.73 bits per heavy atom. The number of pyridine rings is 1. The highest BCUT2D eigenvalue weighted by atomic mass is 19.1. The molecule has 162 valence electrons. The van der Waals surface area contributed by atoms with Gasteiger partial charge in [-0.1, -0.05) is 6.07 Å². The maximum absolute atomic E-state index is 15.0. The standard InChI is InChI=1S/C24H13F3N4O2/c25-16-2-1-3-18(8-16)30-24(33)31-21-10-17(26)9-19(22(21)27)23(32)14-4-5-20-15(7-14)6-13(11-28)12-29-20/h1-10,12H,(H2,30,31,33). The number of nitrogens with one attached hydrogen (secondary N) is 2. The summed E-state index contributed by atoms with van der Waals surface area (Å²) in [6.45, 7) is 0. The van der Waals surface area contributed by atoms with Crippen LogP contribution in [0.25, 0.3) is 10.9 Å². The molecule has 0 unspecified atom stereocenters. The van der Waals surface area contributed by atoms with Gasteiger partial charge in [0.15, 0.2) is 11.6 Å². The predicted molar refractivity (Wildman–Crippen MR) is 115 cm³/mol. The summed E-state index contributed by atoms with van der Waals surface area (Å²) in [5.74, 6) is -3.51. The number of benzene rings is 3. The summed E-state index contributed by atoms with van der Waals surface area (Å²) in [7, 11) is 0. The van der Waals surface area contributed by atoms with Crippen molar-refractivity contribution in [2.75, 3.05) is 10.6 Å². The highest BCUT2D eigenvalue weighted by Crippen LogP contribution is 2.25. The fraction of sp³-hybridized carbons (Fsp3) is 0. The molecule has 3 aromatic carbocycles. The van der Waals surface area contributed by atoms with Crippen molar-refractivity contribution in [2.24, 2.45) is 0 Å². The number of aromatic nitrogens is 1. The third-order valence-electron chi connectivity index (χ3n) is 4.69. The van der Waals surface area contributed by atoms with Gasteiger partial charge in [0, 0.05) is 28.9 Å². The minimum atomic E-state index is -1.14. The number of carbonyl (C=O) groups excluding carboxylic acids is 2. The lowest BCUT2D eigenvalue weighted by molar-refractivity contribution is 0.103. The number of urea groups is 1. The molecule has 1 aromatic heterocycles. The first-order valence-corrected chi connectivity index (χ1v) is 9.51. The fourth-order valence-corrected chi connectivity index (χ4v) is 3.19. The molecule has 2 amide bonds. The van der Waals surface area contributed by atoms with Crippen LogP contribution in [-0.2, 0) is 0 Å². The van der Waals surface area contributed by atoms with Crippen molar-refractivity contribution in [1.82, 2.24) is 4.98 Å². The molecule has 9 heteroatoms. The van der Waals surface area contributed by atoms with Crippen molar-refractivity contribution in [3.8, 4) is 6.07 Å². The second kappa shape index (κ2) is 8.80. The number of fused-ring (bicyclic) bond motifs is 1. The third-order valence-corrected chi connectivity index (χ3v) is 4.69. The summed E-state index contributed by atoms with van der Waals surface area (Å²) in [5, 5.41) is 13.9. The molecule has 33 heavy (non-hydrogen) atoms. The highest BCUT2D eigenvalue weighted by Gasteiger charge is 2.20. The second-order valence-electron chi connectivity index (χ2n) is 6.98. The molecular weight excluding hydrogens is 433 g/mol. The molecule has 0 atom stereocenters. The fourth-order valence-electron chi connectivity index (χ4n) is 3.19. The molecule has 0 aliphatic heterocycles. The van der Waals surface area contributed by atoms with E-state index in [4.69, 9.17) is 5.26 Å². The molecule has 4 rings (SSSR count). The van der Waals surface area contributed by atoms with Gasteiger partial charge in [0.2, 0.25) is 0 Å². The van der Waals surface area contributed by atoms with Gasteiger partial charge < -0.3 is 10.6 Å². The first kappa shape index (κ1) is 21.5. The second-order valence-corrected chi connectivity index (χ2v) is 6.98. The largest absolute Gasteiger partial charge is 0.323 e. The third kappa shape index (κ3) is 4.65. The van der Waals surface area contributed by atoms with E-state index in [1.165, 1.54) is 48.7 Å². The van der Waals surface area contributed by atoms with Crippen molar-refractivity contribution in [3.05, 3.63) is 101 Å². The van der Waals surface area contributed by atoms with Gasteiger partial charge in [-0.3, -0.25) is 9.78 Å². The van der Waals surface area contributed by atoms with Gasteiger partial charge in [-0.05, 0) is 48.5 Å².